The molecule has 0 saturated heterocycles. The number of fused-ring (bicyclic) bond motifs is 4. The largest absolute Gasteiger partial charge is 0.422 e. The van der Waals surface area contributed by atoms with Gasteiger partial charge in [-0.1, -0.05) is 68.5 Å². The normalized spacial score (nSPS) is 12.0. The number of aromatic nitrogens is 3. The Labute approximate surface area is 216 Å². The van der Waals surface area contributed by atoms with Crippen LogP contribution in [0.25, 0.3) is 37.1 Å². The Balaban J connectivity index is 1.39. The summed E-state index contributed by atoms with van der Waals surface area (Å²) in [5.41, 5.74) is 2.47. The zero-order chi connectivity index (χ0) is 25.9. The fraction of sp³-hybridized carbons (Fsp3) is 0.172. The molecule has 7 nitrogen and oxygen atoms in total. The molecule has 1 N–H and O–H groups in total. The molecule has 3 aromatic carbocycles. The lowest BCUT2D eigenvalue weighted by molar-refractivity contribution is 0.102. The van der Waals surface area contributed by atoms with Gasteiger partial charge in [0.1, 0.15) is 17.0 Å². The van der Waals surface area contributed by atoms with E-state index < -0.39 is 11.5 Å². The van der Waals surface area contributed by atoms with E-state index in [2.05, 4.69) is 43.3 Å². The van der Waals surface area contributed by atoms with E-state index in [-0.39, 0.29) is 11.0 Å². The summed E-state index contributed by atoms with van der Waals surface area (Å²) in [6.07, 6.45) is 0. The van der Waals surface area contributed by atoms with Gasteiger partial charge in [-0.3, -0.25) is 4.79 Å². The number of aryl methyl sites for hydroxylation is 1. The number of benzene rings is 3. The Morgan fingerprint density at radius 3 is 2.62 bits per heavy atom. The summed E-state index contributed by atoms with van der Waals surface area (Å²) >= 11 is 1.50. The van der Waals surface area contributed by atoms with Crippen molar-refractivity contribution in [2.75, 3.05) is 5.32 Å². The van der Waals surface area contributed by atoms with Crippen LogP contribution in [0.2, 0.25) is 0 Å². The van der Waals surface area contributed by atoms with Crippen LogP contribution in [0.1, 0.15) is 42.4 Å². The number of hydrogen-bond acceptors (Lipinski definition) is 6. The lowest BCUT2D eigenvalue weighted by atomic mass is 9.87. The SMILES string of the molecule is Cc1cc(NC(=O)c2cc3c(ccc4ccccc43)oc2=O)n(-c2nc3ccc(C(C)(C)C)cc3s2)n1. The number of thiazole rings is 1. The smallest absolute Gasteiger partial charge is 0.349 e. The van der Waals surface area contributed by atoms with Gasteiger partial charge in [-0.15, -0.1) is 0 Å². The third-order valence-electron chi connectivity index (χ3n) is 6.38. The number of carbonyl (C=O) groups excluding carboxylic acids is 1. The summed E-state index contributed by atoms with van der Waals surface area (Å²) in [7, 11) is 0. The van der Waals surface area contributed by atoms with Crippen LogP contribution < -0.4 is 10.9 Å². The minimum Gasteiger partial charge on any atom is -0.422 e. The maximum atomic E-state index is 13.3. The molecule has 0 aliphatic rings. The molecule has 0 saturated carbocycles. The molecule has 6 aromatic rings. The van der Waals surface area contributed by atoms with Gasteiger partial charge in [0.2, 0.25) is 5.13 Å². The second-order valence-corrected chi connectivity index (χ2v) is 11.1. The summed E-state index contributed by atoms with van der Waals surface area (Å²) < 4.78 is 8.15. The summed E-state index contributed by atoms with van der Waals surface area (Å²) in [5.74, 6) is -0.143. The van der Waals surface area contributed by atoms with Gasteiger partial charge in [0.25, 0.3) is 5.91 Å². The van der Waals surface area contributed by atoms with Gasteiger partial charge in [-0.05, 0) is 52.9 Å². The van der Waals surface area contributed by atoms with Crippen LogP contribution in [-0.2, 0) is 5.41 Å². The standard InChI is InChI=1S/C29H24N4O3S/c1-16-13-25(33(32-16)28-30-22-11-10-18(29(2,3)4)14-24(22)37-28)31-26(34)21-15-20-19-8-6-5-7-17(19)9-12-23(20)36-27(21)35/h5-15H,1-4H3,(H,31,34). The second kappa shape index (κ2) is 8.38. The van der Waals surface area contributed by atoms with Crippen molar-refractivity contribution in [3.8, 4) is 5.13 Å². The van der Waals surface area contributed by atoms with Gasteiger partial charge in [-0.2, -0.15) is 9.78 Å². The highest BCUT2D eigenvalue weighted by atomic mass is 32.1. The van der Waals surface area contributed by atoms with Gasteiger partial charge in [0.05, 0.1) is 15.9 Å². The second-order valence-electron chi connectivity index (χ2n) is 10.1. The lowest BCUT2D eigenvalue weighted by Crippen LogP contribution is -2.22. The molecule has 0 aliphatic heterocycles. The first-order valence-corrected chi connectivity index (χ1v) is 12.7. The molecule has 0 aliphatic carbocycles. The van der Waals surface area contributed by atoms with E-state index in [4.69, 9.17) is 9.40 Å². The number of anilines is 1. The van der Waals surface area contributed by atoms with Crippen molar-refractivity contribution in [1.29, 1.82) is 0 Å². The van der Waals surface area contributed by atoms with Crippen LogP contribution in [0.5, 0.6) is 0 Å². The molecule has 0 radical (unpaired) electrons. The number of hydrogen-bond donors (Lipinski definition) is 1. The third-order valence-corrected chi connectivity index (χ3v) is 7.38. The molecule has 0 unspecified atom stereocenters. The highest BCUT2D eigenvalue weighted by Crippen LogP contribution is 2.32. The summed E-state index contributed by atoms with van der Waals surface area (Å²) in [4.78, 5) is 30.8. The summed E-state index contributed by atoms with van der Waals surface area (Å²) in [6.45, 7) is 8.36. The fourth-order valence-corrected chi connectivity index (χ4v) is 5.39. The molecule has 37 heavy (non-hydrogen) atoms. The Hall–Kier alpha value is -4.30. The molecule has 0 bridgehead atoms. The van der Waals surface area contributed by atoms with Gasteiger partial charge in [0, 0.05) is 11.5 Å². The quantitative estimate of drug-likeness (QED) is 0.215. The molecule has 0 fully saturated rings. The van der Waals surface area contributed by atoms with E-state index in [0.717, 1.165) is 21.0 Å². The van der Waals surface area contributed by atoms with Crippen molar-refractivity contribution >= 4 is 55.0 Å². The van der Waals surface area contributed by atoms with Gasteiger partial charge < -0.3 is 9.73 Å². The number of nitrogens with zero attached hydrogens (tertiary/aromatic N) is 3. The van der Waals surface area contributed by atoms with Crippen molar-refractivity contribution in [3.63, 3.8) is 0 Å². The molecule has 0 atom stereocenters. The zero-order valence-corrected chi connectivity index (χ0v) is 21.6. The first-order valence-electron chi connectivity index (χ1n) is 11.9. The zero-order valence-electron chi connectivity index (χ0n) is 20.8. The lowest BCUT2D eigenvalue weighted by Gasteiger charge is -2.18. The van der Waals surface area contributed by atoms with Gasteiger partial charge in [0.15, 0.2) is 0 Å². The van der Waals surface area contributed by atoms with Gasteiger partial charge in [-0.25, -0.2) is 9.78 Å². The maximum Gasteiger partial charge on any atom is 0.349 e. The summed E-state index contributed by atoms with van der Waals surface area (Å²) in [6, 6.07) is 21.0. The van der Waals surface area contributed by atoms with Crippen LogP contribution in [0.15, 0.2) is 75.9 Å². The molecule has 3 aromatic heterocycles. The monoisotopic (exact) mass is 508 g/mol. The Morgan fingerprint density at radius 2 is 1.81 bits per heavy atom. The van der Waals surface area contributed by atoms with Crippen molar-refractivity contribution in [2.24, 2.45) is 0 Å². The Kier molecular flexibility index (Phi) is 5.24. The third kappa shape index (κ3) is 4.09. The van der Waals surface area contributed by atoms with Crippen LogP contribution >= 0.6 is 11.3 Å². The van der Waals surface area contributed by atoms with Crippen LogP contribution in [0.4, 0.5) is 5.82 Å². The molecular formula is C29H24N4O3S. The Bertz CT molecular complexity index is 1910. The van der Waals surface area contributed by atoms with Crippen molar-refractivity contribution in [2.45, 2.75) is 33.1 Å². The van der Waals surface area contributed by atoms with Crippen LogP contribution in [0.3, 0.4) is 0 Å². The average Bonchev–Trinajstić information content (AvgIpc) is 3.45. The average molecular weight is 509 g/mol. The van der Waals surface area contributed by atoms with Crippen molar-refractivity contribution in [3.05, 3.63) is 94.0 Å². The molecule has 6 rings (SSSR count). The molecule has 0 spiro atoms. The number of carbonyl (C=O) groups is 1. The van der Waals surface area contributed by atoms with Crippen LogP contribution in [-0.4, -0.2) is 20.7 Å². The first-order chi connectivity index (χ1) is 17.7. The molecule has 1 amide bonds. The number of amides is 1. The van der Waals surface area contributed by atoms with E-state index in [9.17, 15) is 9.59 Å². The topological polar surface area (TPSA) is 90.0 Å². The first kappa shape index (κ1) is 23.1. The van der Waals surface area contributed by atoms with E-state index in [1.165, 1.54) is 16.9 Å². The maximum absolute atomic E-state index is 13.3. The van der Waals surface area contributed by atoms with Crippen LogP contribution in [0, 0.1) is 6.92 Å². The highest BCUT2D eigenvalue weighted by molar-refractivity contribution is 7.20. The minimum atomic E-state index is -0.697. The molecule has 3 heterocycles. The van der Waals surface area contributed by atoms with E-state index in [1.807, 2.05) is 43.3 Å². The van der Waals surface area contributed by atoms with Gasteiger partial charge >= 0.3 is 5.63 Å². The predicted octanol–water partition coefficient (Wildman–Crippen LogP) is 6.60. The number of nitrogens with one attached hydrogen (secondary N) is 1. The highest BCUT2D eigenvalue weighted by Gasteiger charge is 2.20. The molecular weight excluding hydrogens is 484 g/mol. The van der Waals surface area contributed by atoms with Crippen molar-refractivity contribution in [1.82, 2.24) is 14.8 Å². The summed E-state index contributed by atoms with van der Waals surface area (Å²) in [5, 5.41) is 10.6. The molecule has 184 valence electrons. The predicted molar refractivity (Wildman–Crippen MR) is 148 cm³/mol. The van der Waals surface area contributed by atoms with Crippen molar-refractivity contribution < 1.29 is 9.21 Å². The van der Waals surface area contributed by atoms with E-state index >= 15 is 0 Å². The Morgan fingerprint density at radius 1 is 1.00 bits per heavy atom. The molecule has 8 heteroatoms. The van der Waals surface area contributed by atoms with E-state index in [1.54, 1.807) is 22.9 Å². The van der Waals surface area contributed by atoms with E-state index in [0.29, 0.717) is 27.6 Å². The number of rotatable bonds is 3. The fourth-order valence-electron chi connectivity index (χ4n) is 4.42. The minimum absolute atomic E-state index is 0.0199.